The molecule has 0 saturated heterocycles. The van der Waals surface area contributed by atoms with Gasteiger partial charge >= 0.3 is 7.12 Å². The number of nitrogens with zero attached hydrogens (tertiary/aromatic N) is 2. The van der Waals surface area contributed by atoms with E-state index in [0.29, 0.717) is 11.6 Å². The minimum atomic E-state index is -1.80. The van der Waals surface area contributed by atoms with Crippen LogP contribution in [-0.4, -0.2) is 26.7 Å². The number of halogens is 1. The van der Waals surface area contributed by atoms with Crippen molar-refractivity contribution < 1.29 is 14.4 Å². The first-order valence-corrected chi connectivity index (χ1v) is 6.19. The molecule has 0 amide bonds. The van der Waals surface area contributed by atoms with Gasteiger partial charge in [-0.3, -0.25) is 0 Å². The van der Waals surface area contributed by atoms with Gasteiger partial charge in [-0.15, -0.1) is 0 Å². The summed E-state index contributed by atoms with van der Waals surface area (Å²) in [6, 6.07) is 3.13. The molecule has 0 radical (unpaired) electrons. The van der Waals surface area contributed by atoms with E-state index in [2.05, 4.69) is 4.98 Å². The maximum absolute atomic E-state index is 13.8. The zero-order valence-corrected chi connectivity index (χ0v) is 9.88. The molecule has 2 N–H and O–H groups in total. The summed E-state index contributed by atoms with van der Waals surface area (Å²) in [7, 11) is -1.80. The summed E-state index contributed by atoms with van der Waals surface area (Å²) in [4.78, 5) is 4.22. The third kappa shape index (κ3) is 1.81. The average Bonchev–Trinajstić information content (AvgIpc) is 2.94. The topological polar surface area (TPSA) is 58.3 Å². The van der Waals surface area contributed by atoms with Crippen molar-refractivity contribution in [2.75, 3.05) is 0 Å². The summed E-state index contributed by atoms with van der Waals surface area (Å²) < 4.78 is 15.8. The highest BCUT2D eigenvalue weighted by molar-refractivity contribution is 6.59. The van der Waals surface area contributed by atoms with Crippen LogP contribution in [0.25, 0.3) is 11.0 Å². The third-order valence-corrected chi connectivity index (χ3v) is 3.69. The van der Waals surface area contributed by atoms with Crippen molar-refractivity contribution in [2.24, 2.45) is 0 Å². The molecule has 6 heteroatoms. The second kappa shape index (κ2) is 4.37. The second-order valence-corrected chi connectivity index (χ2v) is 4.83. The van der Waals surface area contributed by atoms with Crippen LogP contribution in [0.1, 0.15) is 31.7 Å². The summed E-state index contributed by atoms with van der Waals surface area (Å²) in [6.45, 7) is 0. The largest absolute Gasteiger partial charge is 0.491 e. The molecular formula is C12H14BFN2O2. The lowest BCUT2D eigenvalue weighted by molar-refractivity contribution is 0.423. The van der Waals surface area contributed by atoms with E-state index in [4.69, 9.17) is 10.0 Å². The minimum Gasteiger partial charge on any atom is -0.423 e. The zero-order chi connectivity index (χ0) is 12.7. The van der Waals surface area contributed by atoms with Crippen LogP contribution in [0.2, 0.25) is 0 Å². The Kier molecular flexibility index (Phi) is 2.83. The van der Waals surface area contributed by atoms with Crippen LogP contribution in [-0.2, 0) is 0 Å². The van der Waals surface area contributed by atoms with E-state index in [0.717, 1.165) is 18.4 Å². The van der Waals surface area contributed by atoms with Gasteiger partial charge in [0.2, 0.25) is 0 Å². The lowest BCUT2D eigenvalue weighted by Gasteiger charge is -2.12. The summed E-state index contributed by atoms with van der Waals surface area (Å²) in [6.07, 6.45) is 6.29. The molecule has 1 aromatic heterocycles. The van der Waals surface area contributed by atoms with Crippen molar-refractivity contribution in [1.29, 1.82) is 0 Å². The maximum atomic E-state index is 13.8. The van der Waals surface area contributed by atoms with Crippen LogP contribution in [0.3, 0.4) is 0 Å². The van der Waals surface area contributed by atoms with Gasteiger partial charge in [-0.25, -0.2) is 9.37 Å². The molecule has 0 aliphatic heterocycles. The first-order chi connectivity index (χ1) is 8.66. The van der Waals surface area contributed by atoms with Crippen LogP contribution in [0.4, 0.5) is 4.39 Å². The van der Waals surface area contributed by atoms with Crippen molar-refractivity contribution in [3.63, 3.8) is 0 Å². The van der Waals surface area contributed by atoms with E-state index in [9.17, 15) is 4.39 Å². The molecule has 4 nitrogen and oxygen atoms in total. The highest BCUT2D eigenvalue weighted by Gasteiger charge is 2.22. The number of hydrogen-bond acceptors (Lipinski definition) is 3. The summed E-state index contributed by atoms with van der Waals surface area (Å²) in [5.74, 6) is -0.600. The Morgan fingerprint density at radius 3 is 2.67 bits per heavy atom. The van der Waals surface area contributed by atoms with Gasteiger partial charge in [-0.1, -0.05) is 12.8 Å². The normalized spacial score (nSPS) is 16.6. The van der Waals surface area contributed by atoms with E-state index < -0.39 is 12.9 Å². The van der Waals surface area contributed by atoms with Gasteiger partial charge in [-0.2, -0.15) is 0 Å². The first kappa shape index (κ1) is 11.7. The van der Waals surface area contributed by atoms with Gasteiger partial charge < -0.3 is 14.6 Å². The highest BCUT2D eigenvalue weighted by atomic mass is 19.1. The lowest BCUT2D eigenvalue weighted by atomic mass is 9.79. The molecule has 0 unspecified atom stereocenters. The average molecular weight is 248 g/mol. The molecule has 1 saturated carbocycles. The van der Waals surface area contributed by atoms with E-state index in [1.807, 2.05) is 4.57 Å². The third-order valence-electron chi connectivity index (χ3n) is 3.69. The van der Waals surface area contributed by atoms with Gasteiger partial charge in [0.05, 0.1) is 17.4 Å². The molecule has 3 rings (SSSR count). The molecule has 0 bridgehead atoms. The van der Waals surface area contributed by atoms with Gasteiger partial charge in [0, 0.05) is 11.5 Å². The number of imidazole rings is 1. The fourth-order valence-corrected chi connectivity index (χ4v) is 2.74. The van der Waals surface area contributed by atoms with Gasteiger partial charge in [0.1, 0.15) is 5.82 Å². The van der Waals surface area contributed by atoms with Crippen LogP contribution in [0.15, 0.2) is 18.5 Å². The van der Waals surface area contributed by atoms with Crippen molar-refractivity contribution >= 4 is 23.6 Å². The first-order valence-electron chi connectivity index (χ1n) is 6.19. The number of fused-ring (bicyclic) bond motifs is 1. The SMILES string of the molecule is OB(O)c1cc2ncn(C3CCCC3)c2cc1F. The smallest absolute Gasteiger partial charge is 0.423 e. The predicted molar refractivity (Wildman–Crippen MR) is 67.0 cm³/mol. The molecule has 1 aromatic carbocycles. The summed E-state index contributed by atoms with van der Waals surface area (Å²) in [5, 5.41) is 18.1. The fourth-order valence-electron chi connectivity index (χ4n) is 2.74. The Morgan fingerprint density at radius 2 is 2.00 bits per heavy atom. The van der Waals surface area contributed by atoms with Crippen molar-refractivity contribution in [2.45, 2.75) is 31.7 Å². The van der Waals surface area contributed by atoms with Crippen molar-refractivity contribution in [1.82, 2.24) is 9.55 Å². The quantitative estimate of drug-likeness (QED) is 0.778. The second-order valence-electron chi connectivity index (χ2n) is 4.83. The highest BCUT2D eigenvalue weighted by Crippen LogP contribution is 2.31. The van der Waals surface area contributed by atoms with Crippen LogP contribution in [0, 0.1) is 5.82 Å². The van der Waals surface area contributed by atoms with E-state index in [-0.39, 0.29) is 5.46 Å². The number of rotatable bonds is 2. The van der Waals surface area contributed by atoms with E-state index in [1.165, 1.54) is 25.0 Å². The Hall–Kier alpha value is -1.40. The molecule has 2 aromatic rings. The Labute approximate surface area is 104 Å². The molecule has 1 aliphatic rings. The number of benzene rings is 1. The molecule has 1 fully saturated rings. The minimum absolute atomic E-state index is 0.126. The fraction of sp³-hybridized carbons (Fsp3) is 0.417. The van der Waals surface area contributed by atoms with Crippen LogP contribution >= 0.6 is 0 Å². The molecule has 0 spiro atoms. The number of hydrogen-bond donors (Lipinski definition) is 2. The van der Waals surface area contributed by atoms with Gasteiger partial charge in [0.15, 0.2) is 0 Å². The molecule has 1 heterocycles. The lowest BCUT2D eigenvalue weighted by Crippen LogP contribution is -2.32. The molecular weight excluding hydrogens is 234 g/mol. The molecule has 1 aliphatic carbocycles. The molecule has 94 valence electrons. The monoisotopic (exact) mass is 248 g/mol. The van der Waals surface area contributed by atoms with Crippen LogP contribution in [0.5, 0.6) is 0 Å². The van der Waals surface area contributed by atoms with Crippen molar-refractivity contribution in [3.05, 3.63) is 24.3 Å². The van der Waals surface area contributed by atoms with E-state index >= 15 is 0 Å². The van der Waals surface area contributed by atoms with E-state index in [1.54, 1.807) is 6.33 Å². The van der Waals surface area contributed by atoms with Crippen LogP contribution < -0.4 is 5.46 Å². The maximum Gasteiger partial charge on any atom is 0.491 e. The molecule has 18 heavy (non-hydrogen) atoms. The molecule has 0 atom stereocenters. The predicted octanol–water partition coefficient (Wildman–Crippen LogP) is 0.970. The summed E-state index contributed by atoms with van der Waals surface area (Å²) in [5.41, 5.74) is 1.20. The summed E-state index contributed by atoms with van der Waals surface area (Å²) >= 11 is 0. The Balaban J connectivity index is 2.11. The zero-order valence-electron chi connectivity index (χ0n) is 9.88. The van der Waals surface area contributed by atoms with Crippen molar-refractivity contribution in [3.8, 4) is 0 Å². The Morgan fingerprint density at radius 1 is 1.28 bits per heavy atom. The van der Waals surface area contributed by atoms with Gasteiger partial charge in [-0.05, 0) is 25.0 Å². The standard InChI is InChI=1S/C12H14BFN2O2/c14-10-6-12-11(5-9(10)13(17)18)15-7-16(12)8-3-1-2-4-8/h5-8,17-18H,1-4H2. The van der Waals surface area contributed by atoms with Gasteiger partial charge in [0.25, 0.3) is 0 Å². The Bertz CT molecular complexity index is 579. The number of aromatic nitrogens is 2.